The van der Waals surface area contributed by atoms with E-state index in [1.807, 2.05) is 0 Å². The number of fused-ring (bicyclic) bond motifs is 1. The first-order chi connectivity index (χ1) is 17.8. The Morgan fingerprint density at radius 2 is 1.79 bits per heavy atom. The summed E-state index contributed by atoms with van der Waals surface area (Å²) >= 11 is 0. The summed E-state index contributed by atoms with van der Waals surface area (Å²) in [5.41, 5.74) is 2.58. The van der Waals surface area contributed by atoms with Gasteiger partial charge in [0.1, 0.15) is 0 Å². The molecule has 3 N–H and O–H groups in total. The lowest BCUT2D eigenvalue weighted by Crippen LogP contribution is -2.38. The molecule has 0 aromatic heterocycles. The number of rotatable bonds is 12. The van der Waals surface area contributed by atoms with Crippen molar-refractivity contribution in [3.63, 3.8) is 0 Å². The highest BCUT2D eigenvalue weighted by atomic mass is 16.4. The fraction of sp³-hybridized carbons (Fsp3) is 0.758. The zero-order valence-corrected chi connectivity index (χ0v) is 24.3. The van der Waals surface area contributed by atoms with Gasteiger partial charge in [-0.15, -0.1) is 0 Å². The number of aliphatic hydroxyl groups is 1. The monoisotopic (exact) mass is 528 g/mol. The Morgan fingerprint density at radius 3 is 2.45 bits per heavy atom. The molecule has 6 atom stereocenters. The fourth-order valence-electron chi connectivity index (χ4n) is 8.13. The van der Waals surface area contributed by atoms with Gasteiger partial charge in [0.15, 0.2) is 0 Å². The van der Waals surface area contributed by atoms with Crippen LogP contribution >= 0.6 is 0 Å². The van der Waals surface area contributed by atoms with Gasteiger partial charge in [-0.25, -0.2) is 0 Å². The topological polar surface area (TPSA) is 94.8 Å². The standard InChI is InChI=1S/C33H52O5/c1-22(2)8-6-9-23(3)28-14-15-29-25(10-7-18-32(28,29)5)11-12-26-20-33(38,19-17-31(36)37)21-27(24(26)4)13-16-30(34)35/h11-12,22-23,27-29,38H,4,6-10,13-21H2,1-3,5H3,(H,34,35)(H,36,37)/b25-11?,26-12-/t23-,27?,28-,29?,32-,33-/m1/s1. The van der Waals surface area contributed by atoms with Crippen LogP contribution in [-0.4, -0.2) is 32.9 Å². The molecule has 0 bridgehead atoms. The molecular weight excluding hydrogens is 476 g/mol. The average molecular weight is 529 g/mol. The number of hydrogen-bond acceptors (Lipinski definition) is 3. The molecule has 0 radical (unpaired) electrons. The van der Waals surface area contributed by atoms with Gasteiger partial charge in [0.2, 0.25) is 0 Å². The molecule has 5 heteroatoms. The van der Waals surface area contributed by atoms with E-state index in [2.05, 4.69) is 46.4 Å². The largest absolute Gasteiger partial charge is 0.481 e. The predicted octanol–water partition coefficient (Wildman–Crippen LogP) is 7.94. The van der Waals surface area contributed by atoms with E-state index in [-0.39, 0.29) is 25.2 Å². The quantitative estimate of drug-likeness (QED) is 0.239. The van der Waals surface area contributed by atoms with E-state index in [0.29, 0.717) is 30.6 Å². The maximum atomic E-state index is 11.4. The first-order valence-corrected chi connectivity index (χ1v) is 15.1. The third kappa shape index (κ3) is 7.61. The van der Waals surface area contributed by atoms with Gasteiger partial charge in [-0.1, -0.05) is 71.3 Å². The molecule has 214 valence electrons. The Kier molecular flexibility index (Phi) is 10.5. The molecule has 38 heavy (non-hydrogen) atoms. The number of carboxylic acid groups (broad SMARTS) is 2. The molecule has 3 rings (SSSR count). The highest BCUT2D eigenvalue weighted by molar-refractivity contribution is 5.67. The zero-order valence-electron chi connectivity index (χ0n) is 24.3. The van der Waals surface area contributed by atoms with Crippen molar-refractivity contribution in [3.05, 3.63) is 35.5 Å². The van der Waals surface area contributed by atoms with Crippen LogP contribution in [0.2, 0.25) is 0 Å². The minimum absolute atomic E-state index is 0.0181. The molecular formula is C33H52O5. The van der Waals surface area contributed by atoms with E-state index in [4.69, 9.17) is 0 Å². The van der Waals surface area contributed by atoms with Gasteiger partial charge in [0.25, 0.3) is 0 Å². The highest BCUT2D eigenvalue weighted by Gasteiger charge is 2.50. The molecule has 3 aliphatic carbocycles. The number of hydrogen-bond donors (Lipinski definition) is 3. The smallest absolute Gasteiger partial charge is 0.303 e. The van der Waals surface area contributed by atoms with Crippen molar-refractivity contribution in [1.29, 1.82) is 0 Å². The Bertz CT molecular complexity index is 930. The number of allylic oxidation sites excluding steroid dienone is 4. The summed E-state index contributed by atoms with van der Waals surface area (Å²) in [6.45, 7) is 13.9. The fourth-order valence-corrected chi connectivity index (χ4v) is 8.13. The van der Waals surface area contributed by atoms with Crippen molar-refractivity contribution in [3.8, 4) is 0 Å². The van der Waals surface area contributed by atoms with Crippen LogP contribution in [0.25, 0.3) is 0 Å². The third-order valence-electron chi connectivity index (χ3n) is 10.2. The first kappa shape index (κ1) is 30.7. The maximum absolute atomic E-state index is 11.4. The minimum Gasteiger partial charge on any atom is -0.481 e. The molecule has 0 saturated heterocycles. The van der Waals surface area contributed by atoms with E-state index in [1.54, 1.807) is 0 Å². The number of carboxylic acids is 2. The summed E-state index contributed by atoms with van der Waals surface area (Å²) in [6.07, 6.45) is 15.8. The molecule has 0 aliphatic heterocycles. The second kappa shape index (κ2) is 13.0. The molecule has 2 unspecified atom stereocenters. The summed E-state index contributed by atoms with van der Waals surface area (Å²) in [4.78, 5) is 22.5. The lowest BCUT2D eigenvalue weighted by atomic mass is 9.60. The molecule has 0 spiro atoms. The van der Waals surface area contributed by atoms with Gasteiger partial charge in [0.05, 0.1) is 5.60 Å². The average Bonchev–Trinajstić information content (AvgIpc) is 3.19. The van der Waals surface area contributed by atoms with Gasteiger partial charge in [0, 0.05) is 19.3 Å². The highest BCUT2D eigenvalue weighted by Crippen LogP contribution is 2.60. The SMILES string of the molecule is C=C1/C(=C\C=C2CCC[C@@]3(C)C2CC[C@@H]3[C@H](C)CCCC(C)C)C[C@](O)(CCC(=O)O)CC1CCC(=O)O. The summed E-state index contributed by atoms with van der Waals surface area (Å²) < 4.78 is 0. The van der Waals surface area contributed by atoms with Crippen molar-refractivity contribution in [2.45, 2.75) is 123 Å². The van der Waals surface area contributed by atoms with Crippen LogP contribution in [-0.2, 0) is 9.59 Å². The Hall–Kier alpha value is -1.88. The second-order valence-corrected chi connectivity index (χ2v) is 13.5. The van der Waals surface area contributed by atoms with E-state index in [9.17, 15) is 24.9 Å². The van der Waals surface area contributed by atoms with E-state index >= 15 is 0 Å². The number of aliphatic carboxylic acids is 2. The van der Waals surface area contributed by atoms with Gasteiger partial charge in [-0.2, -0.15) is 0 Å². The van der Waals surface area contributed by atoms with Crippen LogP contribution < -0.4 is 0 Å². The maximum Gasteiger partial charge on any atom is 0.303 e. The van der Waals surface area contributed by atoms with E-state index in [1.165, 1.54) is 50.5 Å². The molecule has 0 aromatic rings. The normalized spacial score (nSPS) is 34.6. The molecule has 0 amide bonds. The van der Waals surface area contributed by atoms with Gasteiger partial charge >= 0.3 is 11.9 Å². The molecule has 3 saturated carbocycles. The van der Waals surface area contributed by atoms with Crippen LogP contribution in [0.3, 0.4) is 0 Å². The summed E-state index contributed by atoms with van der Waals surface area (Å²) in [5, 5.41) is 29.8. The van der Waals surface area contributed by atoms with E-state index in [0.717, 1.165) is 35.3 Å². The Balaban J connectivity index is 1.79. The van der Waals surface area contributed by atoms with Crippen LogP contribution in [0.5, 0.6) is 0 Å². The van der Waals surface area contributed by atoms with Crippen LogP contribution in [0, 0.1) is 35.0 Å². The zero-order chi connectivity index (χ0) is 28.1. The molecule has 5 nitrogen and oxygen atoms in total. The number of carbonyl (C=O) groups is 2. The van der Waals surface area contributed by atoms with Crippen molar-refractivity contribution < 1.29 is 24.9 Å². The second-order valence-electron chi connectivity index (χ2n) is 13.5. The molecule has 0 heterocycles. The van der Waals surface area contributed by atoms with Crippen LogP contribution in [0.15, 0.2) is 35.5 Å². The predicted molar refractivity (Wildman–Crippen MR) is 153 cm³/mol. The minimum atomic E-state index is -1.14. The van der Waals surface area contributed by atoms with Crippen LogP contribution in [0.1, 0.15) is 118 Å². The Morgan fingerprint density at radius 1 is 1.08 bits per heavy atom. The molecule has 0 aromatic carbocycles. The summed E-state index contributed by atoms with van der Waals surface area (Å²) in [5.74, 6) is 0.945. The van der Waals surface area contributed by atoms with Gasteiger partial charge < -0.3 is 15.3 Å². The van der Waals surface area contributed by atoms with Crippen molar-refractivity contribution in [2.24, 2.45) is 35.0 Å². The van der Waals surface area contributed by atoms with Crippen LogP contribution in [0.4, 0.5) is 0 Å². The van der Waals surface area contributed by atoms with E-state index < -0.39 is 17.5 Å². The summed E-state index contributed by atoms with van der Waals surface area (Å²) in [7, 11) is 0. The Labute approximate surface area is 230 Å². The van der Waals surface area contributed by atoms with Crippen molar-refractivity contribution in [1.82, 2.24) is 0 Å². The van der Waals surface area contributed by atoms with Crippen molar-refractivity contribution >= 4 is 11.9 Å². The lowest BCUT2D eigenvalue weighted by molar-refractivity contribution is -0.138. The van der Waals surface area contributed by atoms with Gasteiger partial charge in [-0.3, -0.25) is 9.59 Å². The first-order valence-electron chi connectivity index (χ1n) is 15.1. The molecule has 3 aliphatic rings. The lowest BCUT2D eigenvalue weighted by Gasteiger charge is -2.44. The summed E-state index contributed by atoms with van der Waals surface area (Å²) in [6, 6.07) is 0. The molecule has 3 fully saturated rings. The van der Waals surface area contributed by atoms with Crippen molar-refractivity contribution in [2.75, 3.05) is 0 Å². The third-order valence-corrected chi connectivity index (χ3v) is 10.2. The van der Waals surface area contributed by atoms with Gasteiger partial charge in [-0.05, 0) is 97.5 Å².